The second-order valence-corrected chi connectivity index (χ2v) is 8.78. The predicted molar refractivity (Wildman–Crippen MR) is 116 cm³/mol. The number of rotatable bonds is 9. The molecule has 2 aromatic carbocycles. The fourth-order valence-corrected chi connectivity index (χ4v) is 3.91. The zero-order chi connectivity index (χ0) is 22.4. The number of benzene rings is 2. The Morgan fingerprint density at radius 2 is 1.84 bits per heavy atom. The van der Waals surface area contributed by atoms with E-state index in [0.29, 0.717) is 36.1 Å². The predicted octanol–water partition coefficient (Wildman–Crippen LogP) is 3.69. The number of aryl methyl sites for hydroxylation is 1. The fourth-order valence-electron chi connectivity index (χ4n) is 3.28. The van der Waals surface area contributed by atoms with E-state index in [4.69, 9.17) is 9.88 Å². The molecule has 0 saturated carbocycles. The van der Waals surface area contributed by atoms with Crippen LogP contribution in [0.25, 0.3) is 11.1 Å². The number of pyridine rings is 1. The Hall–Kier alpha value is -2.81. The van der Waals surface area contributed by atoms with Crippen molar-refractivity contribution in [1.82, 2.24) is 4.98 Å². The van der Waals surface area contributed by atoms with Crippen molar-refractivity contribution in [3.05, 3.63) is 78.4 Å². The monoisotopic (exact) mass is 444 g/mol. The molecule has 0 aliphatic carbocycles. The lowest BCUT2D eigenvalue weighted by atomic mass is 10.0. The summed E-state index contributed by atoms with van der Waals surface area (Å²) in [6.07, 6.45) is 4.36. The number of ether oxygens (including phenoxy) is 1. The molecule has 0 fully saturated rings. The van der Waals surface area contributed by atoms with E-state index in [1.165, 1.54) is 12.1 Å². The van der Waals surface area contributed by atoms with Crippen LogP contribution in [0.15, 0.2) is 71.9 Å². The Morgan fingerprint density at radius 1 is 1.13 bits per heavy atom. The highest BCUT2D eigenvalue weighted by molar-refractivity contribution is 7.89. The van der Waals surface area contributed by atoms with Gasteiger partial charge in [0.1, 0.15) is 22.6 Å². The number of nitrogens with two attached hydrogens (primary N) is 1. The molecule has 2 atom stereocenters. The van der Waals surface area contributed by atoms with Crippen molar-refractivity contribution in [3.8, 4) is 16.9 Å². The molecule has 8 heteroatoms. The Kier molecular flexibility index (Phi) is 7.37. The number of hydrogen-bond donors (Lipinski definition) is 2. The topological polar surface area (TPSA) is 103 Å². The number of sulfonamides is 1. The first-order valence-electron chi connectivity index (χ1n) is 9.94. The van der Waals surface area contributed by atoms with Crippen LogP contribution in [0.3, 0.4) is 0 Å². The summed E-state index contributed by atoms with van der Waals surface area (Å²) in [5, 5.41) is 15.6. The zero-order valence-electron chi connectivity index (χ0n) is 17.1. The molecular weight excluding hydrogens is 419 g/mol. The molecule has 0 aliphatic heterocycles. The van der Waals surface area contributed by atoms with Gasteiger partial charge in [0.25, 0.3) is 0 Å². The third-order valence-corrected chi connectivity index (χ3v) is 5.92. The van der Waals surface area contributed by atoms with Gasteiger partial charge in [0.2, 0.25) is 10.0 Å². The van der Waals surface area contributed by atoms with E-state index in [9.17, 15) is 17.9 Å². The van der Waals surface area contributed by atoms with Crippen molar-refractivity contribution in [3.63, 3.8) is 0 Å². The summed E-state index contributed by atoms with van der Waals surface area (Å²) in [7, 11) is -4.16. The summed E-state index contributed by atoms with van der Waals surface area (Å²) in [6, 6.07) is 14.5. The molecule has 3 N–H and O–H groups in total. The highest BCUT2D eigenvalue weighted by Crippen LogP contribution is 2.27. The molecular formula is C23H25FN2O4S. The van der Waals surface area contributed by atoms with Gasteiger partial charge < -0.3 is 9.84 Å². The Labute approximate surface area is 181 Å². The molecule has 0 bridgehead atoms. The number of aliphatic hydroxyl groups excluding tert-OH is 1. The van der Waals surface area contributed by atoms with Gasteiger partial charge >= 0.3 is 0 Å². The van der Waals surface area contributed by atoms with E-state index in [1.54, 1.807) is 36.7 Å². The van der Waals surface area contributed by atoms with Gasteiger partial charge in [0.05, 0.1) is 6.10 Å². The number of nitrogens with zero attached hydrogens (tertiary/aromatic N) is 1. The standard InChI is InChI=1S/C23H25FN2O4S/c1-2-22(21(27)12-5-16-4-3-13-26-15-16)30-19-9-6-17(7-10-19)18-8-11-20(24)23(14-18)31(25,28)29/h3-4,6-11,13-15,21-22,27H,2,5,12H2,1H3,(H2,25,28,29)/t21-,22+/m1/s1. The van der Waals surface area contributed by atoms with Crippen LogP contribution in [-0.4, -0.2) is 30.7 Å². The summed E-state index contributed by atoms with van der Waals surface area (Å²) in [6.45, 7) is 1.94. The van der Waals surface area contributed by atoms with Gasteiger partial charge in [0.15, 0.2) is 0 Å². The summed E-state index contributed by atoms with van der Waals surface area (Å²) in [5.74, 6) is -0.318. The highest BCUT2D eigenvalue weighted by atomic mass is 32.2. The van der Waals surface area contributed by atoms with E-state index >= 15 is 0 Å². The minimum Gasteiger partial charge on any atom is -0.488 e. The van der Waals surface area contributed by atoms with Gasteiger partial charge in [-0.3, -0.25) is 4.98 Å². The average molecular weight is 445 g/mol. The molecule has 1 aromatic heterocycles. The second-order valence-electron chi connectivity index (χ2n) is 7.25. The first-order chi connectivity index (χ1) is 14.8. The quantitative estimate of drug-likeness (QED) is 0.524. The molecule has 3 rings (SSSR count). The molecule has 0 aliphatic rings. The average Bonchev–Trinajstić information content (AvgIpc) is 2.76. The van der Waals surface area contributed by atoms with E-state index in [-0.39, 0.29) is 6.10 Å². The smallest absolute Gasteiger partial charge is 0.240 e. The van der Waals surface area contributed by atoms with Crippen molar-refractivity contribution in [2.45, 2.75) is 43.3 Å². The summed E-state index contributed by atoms with van der Waals surface area (Å²) in [5.41, 5.74) is 2.25. The molecule has 164 valence electrons. The maximum atomic E-state index is 13.8. The van der Waals surface area contributed by atoms with Crippen LogP contribution < -0.4 is 9.88 Å². The van der Waals surface area contributed by atoms with E-state index < -0.39 is 26.8 Å². The fraction of sp³-hybridized carbons (Fsp3) is 0.261. The minimum atomic E-state index is -4.16. The van der Waals surface area contributed by atoms with Crippen LogP contribution in [0, 0.1) is 5.82 Å². The number of aliphatic hydroxyl groups is 1. The lowest BCUT2D eigenvalue weighted by molar-refractivity contribution is 0.0291. The highest BCUT2D eigenvalue weighted by Gasteiger charge is 2.20. The third-order valence-electron chi connectivity index (χ3n) is 5.00. The molecule has 0 unspecified atom stereocenters. The minimum absolute atomic E-state index is 0.373. The van der Waals surface area contributed by atoms with Crippen molar-refractivity contribution < 1.29 is 22.7 Å². The summed E-state index contributed by atoms with van der Waals surface area (Å²) >= 11 is 0. The van der Waals surface area contributed by atoms with Crippen LogP contribution in [0.4, 0.5) is 4.39 Å². The summed E-state index contributed by atoms with van der Waals surface area (Å²) < 4.78 is 42.8. The van der Waals surface area contributed by atoms with Crippen LogP contribution in [0.2, 0.25) is 0 Å². The molecule has 0 spiro atoms. The van der Waals surface area contributed by atoms with Gasteiger partial charge in [-0.2, -0.15) is 0 Å². The number of hydrogen-bond acceptors (Lipinski definition) is 5. The zero-order valence-corrected chi connectivity index (χ0v) is 17.9. The Morgan fingerprint density at radius 3 is 2.45 bits per heavy atom. The Bertz CT molecular complexity index is 1110. The molecule has 6 nitrogen and oxygen atoms in total. The van der Waals surface area contributed by atoms with Crippen molar-refractivity contribution in [2.24, 2.45) is 5.14 Å². The van der Waals surface area contributed by atoms with Crippen LogP contribution in [-0.2, 0) is 16.4 Å². The molecule has 1 heterocycles. The van der Waals surface area contributed by atoms with E-state index in [2.05, 4.69) is 4.98 Å². The normalized spacial score (nSPS) is 13.5. The third kappa shape index (κ3) is 6.10. The molecule has 0 amide bonds. The van der Waals surface area contributed by atoms with E-state index in [0.717, 1.165) is 11.6 Å². The number of halogens is 1. The van der Waals surface area contributed by atoms with Gasteiger partial charge in [-0.05, 0) is 66.3 Å². The van der Waals surface area contributed by atoms with Crippen molar-refractivity contribution in [2.75, 3.05) is 0 Å². The molecule has 3 aromatic rings. The molecule has 0 radical (unpaired) electrons. The van der Waals surface area contributed by atoms with Crippen molar-refractivity contribution in [1.29, 1.82) is 0 Å². The van der Waals surface area contributed by atoms with Gasteiger partial charge in [-0.15, -0.1) is 0 Å². The second kappa shape index (κ2) is 10.00. The van der Waals surface area contributed by atoms with Gasteiger partial charge in [0, 0.05) is 12.4 Å². The van der Waals surface area contributed by atoms with Gasteiger partial charge in [-0.25, -0.2) is 17.9 Å². The van der Waals surface area contributed by atoms with Crippen molar-refractivity contribution >= 4 is 10.0 Å². The first-order valence-corrected chi connectivity index (χ1v) is 11.5. The van der Waals surface area contributed by atoms with E-state index in [1.807, 2.05) is 19.1 Å². The maximum absolute atomic E-state index is 13.8. The lowest BCUT2D eigenvalue weighted by Gasteiger charge is -2.23. The molecule has 31 heavy (non-hydrogen) atoms. The molecule has 0 saturated heterocycles. The van der Waals surface area contributed by atoms with Crippen LogP contribution >= 0.6 is 0 Å². The largest absolute Gasteiger partial charge is 0.488 e. The lowest BCUT2D eigenvalue weighted by Crippen LogP contribution is -2.31. The SMILES string of the molecule is CC[C@H](Oc1ccc(-c2ccc(F)c(S(N)(=O)=O)c2)cc1)[C@H](O)CCc1cccnc1. The Balaban J connectivity index is 1.68. The van der Waals surface area contributed by atoms with Crippen LogP contribution in [0.1, 0.15) is 25.3 Å². The maximum Gasteiger partial charge on any atom is 0.240 e. The number of aromatic nitrogens is 1. The number of primary sulfonamides is 1. The first kappa shape index (κ1) is 22.9. The van der Waals surface area contributed by atoms with Gasteiger partial charge in [-0.1, -0.05) is 31.2 Å². The summed E-state index contributed by atoms with van der Waals surface area (Å²) in [4.78, 5) is 3.53. The van der Waals surface area contributed by atoms with Crippen LogP contribution in [0.5, 0.6) is 5.75 Å².